The normalized spacial score (nSPS) is 12.5. The molecule has 0 saturated carbocycles. The lowest BCUT2D eigenvalue weighted by atomic mass is 10.1. The number of fused-ring (bicyclic) bond motifs is 1. The molecule has 2 aromatic rings. The Bertz CT molecular complexity index is 1120. The molecule has 0 unspecified atom stereocenters. The second-order valence-corrected chi connectivity index (χ2v) is 8.18. The summed E-state index contributed by atoms with van der Waals surface area (Å²) in [5, 5.41) is 12.0. The molecule has 0 saturated heterocycles. The van der Waals surface area contributed by atoms with Gasteiger partial charge in [0.2, 0.25) is 16.8 Å². The number of hydrogen-bond donors (Lipinski definition) is 1. The van der Waals surface area contributed by atoms with Gasteiger partial charge in [-0.25, -0.2) is 8.42 Å². The number of carbonyl (C=O) groups is 1. The minimum atomic E-state index is -3.85. The third kappa shape index (κ3) is 3.90. The molecule has 30 heavy (non-hydrogen) atoms. The summed E-state index contributed by atoms with van der Waals surface area (Å²) < 4.78 is 43.0. The van der Waals surface area contributed by atoms with Gasteiger partial charge in [0, 0.05) is 30.8 Å². The Balaban J connectivity index is 1.98. The molecule has 10 heteroatoms. The van der Waals surface area contributed by atoms with E-state index < -0.39 is 15.9 Å². The lowest BCUT2D eigenvalue weighted by molar-refractivity contribution is 0.102. The average Bonchev–Trinajstić information content (AvgIpc) is 3.20. The van der Waals surface area contributed by atoms with Crippen molar-refractivity contribution in [3.05, 3.63) is 41.5 Å². The highest BCUT2D eigenvalue weighted by atomic mass is 32.2. The molecule has 1 aliphatic rings. The fourth-order valence-corrected chi connectivity index (χ4v) is 4.69. The predicted molar refractivity (Wildman–Crippen MR) is 108 cm³/mol. The molecule has 0 aromatic heterocycles. The van der Waals surface area contributed by atoms with Crippen LogP contribution in [0.1, 0.15) is 29.8 Å². The van der Waals surface area contributed by atoms with Crippen LogP contribution >= 0.6 is 0 Å². The van der Waals surface area contributed by atoms with Crippen LogP contribution in [-0.4, -0.2) is 45.6 Å². The van der Waals surface area contributed by atoms with Gasteiger partial charge in [-0.15, -0.1) is 0 Å². The minimum absolute atomic E-state index is 0.0304. The maximum absolute atomic E-state index is 13.0. The average molecular weight is 431 g/mol. The van der Waals surface area contributed by atoms with Crippen LogP contribution in [0, 0.1) is 11.3 Å². The van der Waals surface area contributed by atoms with E-state index in [1.54, 1.807) is 13.8 Å². The molecule has 0 fully saturated rings. The summed E-state index contributed by atoms with van der Waals surface area (Å²) in [6.07, 6.45) is 0. The molecule has 3 rings (SSSR count). The molecule has 158 valence electrons. The van der Waals surface area contributed by atoms with Crippen LogP contribution in [0.15, 0.2) is 35.2 Å². The maximum Gasteiger partial charge on any atom is 0.255 e. The van der Waals surface area contributed by atoms with Crippen LogP contribution in [-0.2, 0) is 10.0 Å². The highest BCUT2D eigenvalue weighted by Gasteiger charge is 2.27. The predicted octanol–water partition coefficient (Wildman–Crippen LogP) is 2.58. The van der Waals surface area contributed by atoms with Crippen molar-refractivity contribution in [2.75, 3.05) is 32.3 Å². The van der Waals surface area contributed by atoms with E-state index in [1.165, 1.54) is 41.7 Å². The van der Waals surface area contributed by atoms with E-state index in [-0.39, 0.29) is 47.3 Å². The molecular weight excluding hydrogens is 410 g/mol. The summed E-state index contributed by atoms with van der Waals surface area (Å²) in [4.78, 5) is 12.7. The van der Waals surface area contributed by atoms with E-state index in [9.17, 15) is 18.5 Å². The second kappa shape index (κ2) is 8.61. The van der Waals surface area contributed by atoms with Crippen molar-refractivity contribution in [1.29, 1.82) is 5.26 Å². The Morgan fingerprint density at radius 1 is 1.20 bits per heavy atom. The first-order chi connectivity index (χ1) is 14.3. The van der Waals surface area contributed by atoms with Gasteiger partial charge in [-0.3, -0.25) is 4.79 Å². The van der Waals surface area contributed by atoms with Crippen molar-refractivity contribution in [1.82, 2.24) is 4.31 Å². The first-order valence-electron chi connectivity index (χ1n) is 9.19. The molecule has 0 bridgehead atoms. The first kappa shape index (κ1) is 21.4. The SMILES string of the molecule is CCN(CC)S(=O)(=O)c1cc(C(=O)Nc2cc3c(cc2C#N)OCO3)ccc1OC. The molecule has 0 spiro atoms. The van der Waals surface area contributed by atoms with Crippen molar-refractivity contribution in [2.45, 2.75) is 18.7 Å². The summed E-state index contributed by atoms with van der Waals surface area (Å²) >= 11 is 0. The standard InChI is InChI=1S/C20H21N3O6S/c1-4-23(5-2)30(25,26)19-9-13(6-7-16(19)27-3)20(24)22-15-10-18-17(28-12-29-18)8-14(15)11-21/h6-10H,4-5,12H2,1-3H3,(H,22,24). The van der Waals surface area contributed by atoms with Gasteiger partial charge in [-0.1, -0.05) is 13.8 Å². The van der Waals surface area contributed by atoms with Crippen LogP contribution in [0.2, 0.25) is 0 Å². The monoisotopic (exact) mass is 431 g/mol. The Kier molecular flexibility index (Phi) is 6.14. The second-order valence-electron chi connectivity index (χ2n) is 6.27. The third-order valence-electron chi connectivity index (χ3n) is 4.63. The highest BCUT2D eigenvalue weighted by molar-refractivity contribution is 7.89. The van der Waals surface area contributed by atoms with Crippen molar-refractivity contribution >= 4 is 21.6 Å². The number of nitrogens with one attached hydrogen (secondary N) is 1. The third-order valence-corrected chi connectivity index (χ3v) is 6.70. The van der Waals surface area contributed by atoms with Crippen LogP contribution in [0.25, 0.3) is 0 Å². The number of nitriles is 1. The smallest absolute Gasteiger partial charge is 0.255 e. The Hall–Kier alpha value is -3.29. The number of rotatable bonds is 7. The number of methoxy groups -OCH3 is 1. The highest BCUT2D eigenvalue weighted by Crippen LogP contribution is 2.37. The maximum atomic E-state index is 13.0. The van der Waals surface area contributed by atoms with Gasteiger partial charge in [0.15, 0.2) is 11.5 Å². The molecule has 2 aromatic carbocycles. The van der Waals surface area contributed by atoms with Gasteiger partial charge in [0.05, 0.1) is 18.4 Å². The molecule has 0 radical (unpaired) electrons. The van der Waals surface area contributed by atoms with Crippen molar-refractivity contribution in [3.8, 4) is 23.3 Å². The van der Waals surface area contributed by atoms with E-state index in [4.69, 9.17) is 14.2 Å². The fraction of sp³-hybridized carbons (Fsp3) is 0.300. The Labute approximate surface area is 174 Å². The fourth-order valence-electron chi connectivity index (χ4n) is 3.05. The summed E-state index contributed by atoms with van der Waals surface area (Å²) in [6, 6.07) is 9.11. The van der Waals surface area contributed by atoms with E-state index in [0.717, 1.165) is 0 Å². The molecule has 0 atom stereocenters. The zero-order chi connectivity index (χ0) is 21.9. The number of anilines is 1. The van der Waals surface area contributed by atoms with Gasteiger partial charge in [0.1, 0.15) is 16.7 Å². The zero-order valence-corrected chi connectivity index (χ0v) is 17.6. The van der Waals surface area contributed by atoms with Crippen molar-refractivity contribution in [2.24, 2.45) is 0 Å². The zero-order valence-electron chi connectivity index (χ0n) is 16.8. The minimum Gasteiger partial charge on any atom is -0.495 e. The molecule has 9 nitrogen and oxygen atoms in total. The number of carbonyl (C=O) groups excluding carboxylic acids is 1. The topological polar surface area (TPSA) is 118 Å². The Morgan fingerprint density at radius 3 is 2.47 bits per heavy atom. The van der Waals surface area contributed by atoms with Gasteiger partial charge in [-0.2, -0.15) is 9.57 Å². The molecule has 1 amide bonds. The van der Waals surface area contributed by atoms with Crippen LogP contribution in [0.3, 0.4) is 0 Å². The van der Waals surface area contributed by atoms with Crippen LogP contribution < -0.4 is 19.5 Å². The van der Waals surface area contributed by atoms with E-state index >= 15 is 0 Å². The summed E-state index contributed by atoms with van der Waals surface area (Å²) in [5.74, 6) is 0.383. The van der Waals surface area contributed by atoms with E-state index in [1.807, 2.05) is 6.07 Å². The van der Waals surface area contributed by atoms with Gasteiger partial charge in [-0.05, 0) is 18.2 Å². The van der Waals surface area contributed by atoms with Gasteiger partial charge >= 0.3 is 0 Å². The summed E-state index contributed by atoms with van der Waals surface area (Å²) in [5.41, 5.74) is 0.524. The van der Waals surface area contributed by atoms with E-state index in [2.05, 4.69) is 5.32 Å². The molecule has 1 N–H and O–H groups in total. The van der Waals surface area contributed by atoms with Crippen molar-refractivity contribution in [3.63, 3.8) is 0 Å². The number of nitrogens with zero attached hydrogens (tertiary/aromatic N) is 2. The van der Waals surface area contributed by atoms with E-state index in [0.29, 0.717) is 11.5 Å². The number of benzene rings is 2. The number of sulfonamides is 1. The lowest BCUT2D eigenvalue weighted by Crippen LogP contribution is -2.31. The Morgan fingerprint density at radius 2 is 1.87 bits per heavy atom. The van der Waals surface area contributed by atoms with Crippen LogP contribution in [0.5, 0.6) is 17.2 Å². The van der Waals surface area contributed by atoms with Gasteiger partial charge < -0.3 is 19.5 Å². The van der Waals surface area contributed by atoms with Gasteiger partial charge in [0.25, 0.3) is 5.91 Å². The molecular formula is C20H21N3O6S. The quantitative estimate of drug-likeness (QED) is 0.716. The molecule has 1 aliphatic heterocycles. The summed E-state index contributed by atoms with van der Waals surface area (Å²) in [6.45, 7) is 4.05. The molecule has 0 aliphatic carbocycles. The van der Waals surface area contributed by atoms with Crippen molar-refractivity contribution < 1.29 is 27.4 Å². The first-order valence-corrected chi connectivity index (χ1v) is 10.6. The number of amides is 1. The largest absolute Gasteiger partial charge is 0.495 e. The summed E-state index contributed by atoms with van der Waals surface area (Å²) in [7, 11) is -2.49. The molecule has 1 heterocycles. The lowest BCUT2D eigenvalue weighted by Gasteiger charge is -2.20. The van der Waals surface area contributed by atoms with Crippen LogP contribution in [0.4, 0.5) is 5.69 Å². The number of hydrogen-bond acceptors (Lipinski definition) is 7. The number of ether oxygens (including phenoxy) is 3.